The Kier molecular flexibility index (Phi) is 5.42. The van der Waals surface area contributed by atoms with Gasteiger partial charge in [0.05, 0.1) is 6.26 Å². The highest BCUT2D eigenvalue weighted by molar-refractivity contribution is 7.88. The summed E-state index contributed by atoms with van der Waals surface area (Å²) >= 11 is 0. The number of halogens is 3. The van der Waals surface area contributed by atoms with E-state index >= 15 is 0 Å². The van der Waals surface area contributed by atoms with Crippen molar-refractivity contribution < 1.29 is 21.6 Å². The summed E-state index contributed by atoms with van der Waals surface area (Å²) in [5.41, 5.74) is 0. The summed E-state index contributed by atoms with van der Waals surface area (Å²) in [6.45, 7) is 1.91. The molecule has 1 N–H and O–H groups in total. The maximum absolute atomic E-state index is 11.9. The van der Waals surface area contributed by atoms with Crippen LogP contribution in [0.25, 0.3) is 0 Å². The third-order valence-corrected chi connectivity index (χ3v) is 3.60. The standard InChI is InChI=1S/C10H19F3N2O2S/c1-18(16,17)14-9-4-7-15(8-9)6-3-2-5-10(11,12)13/h9,14H,2-8H2,1H3/t9-/m0/s1. The highest BCUT2D eigenvalue weighted by Gasteiger charge is 2.27. The van der Waals surface area contributed by atoms with Crippen molar-refractivity contribution in [3.63, 3.8) is 0 Å². The molecule has 8 heteroatoms. The largest absolute Gasteiger partial charge is 0.389 e. The zero-order valence-electron chi connectivity index (χ0n) is 10.3. The van der Waals surface area contributed by atoms with Crippen molar-refractivity contribution in [3.05, 3.63) is 0 Å². The fourth-order valence-electron chi connectivity index (χ4n) is 2.10. The van der Waals surface area contributed by atoms with E-state index in [1.807, 2.05) is 4.90 Å². The van der Waals surface area contributed by atoms with Crippen LogP contribution in [0.5, 0.6) is 0 Å². The molecule has 1 aliphatic rings. The Morgan fingerprint density at radius 1 is 1.33 bits per heavy atom. The number of hydrogen-bond donors (Lipinski definition) is 1. The van der Waals surface area contributed by atoms with Gasteiger partial charge >= 0.3 is 6.18 Å². The van der Waals surface area contributed by atoms with Gasteiger partial charge in [-0.2, -0.15) is 13.2 Å². The molecule has 18 heavy (non-hydrogen) atoms. The molecule has 1 saturated heterocycles. The molecule has 0 radical (unpaired) electrons. The predicted octanol–water partition coefficient (Wildman–Crippen LogP) is 1.34. The monoisotopic (exact) mass is 288 g/mol. The van der Waals surface area contributed by atoms with Crippen molar-refractivity contribution in [1.29, 1.82) is 0 Å². The van der Waals surface area contributed by atoms with Gasteiger partial charge in [0.2, 0.25) is 10.0 Å². The summed E-state index contributed by atoms with van der Waals surface area (Å²) in [4.78, 5) is 2.00. The van der Waals surface area contributed by atoms with Gasteiger partial charge in [0.15, 0.2) is 0 Å². The second-order valence-corrected chi connectivity index (χ2v) is 6.53. The number of nitrogens with one attached hydrogen (secondary N) is 1. The summed E-state index contributed by atoms with van der Waals surface area (Å²) in [5, 5.41) is 0. The average Bonchev–Trinajstić information content (AvgIpc) is 2.56. The molecule has 108 valence electrons. The van der Waals surface area contributed by atoms with Gasteiger partial charge in [0.25, 0.3) is 0 Å². The van der Waals surface area contributed by atoms with Crippen LogP contribution in [-0.4, -0.2) is 51.4 Å². The molecule has 1 atom stereocenters. The molecular formula is C10H19F3N2O2S. The fraction of sp³-hybridized carbons (Fsp3) is 1.00. The molecular weight excluding hydrogens is 269 g/mol. The molecule has 0 saturated carbocycles. The van der Waals surface area contributed by atoms with Crippen molar-refractivity contribution in [2.75, 3.05) is 25.9 Å². The normalized spacial score (nSPS) is 22.6. The summed E-state index contributed by atoms with van der Waals surface area (Å²) in [5.74, 6) is 0. The Hall–Kier alpha value is -0.340. The SMILES string of the molecule is CS(=O)(=O)N[C@H]1CCN(CCCCC(F)(F)F)C1. The zero-order chi connectivity index (χ0) is 13.8. The van der Waals surface area contributed by atoms with E-state index < -0.39 is 22.6 Å². The Morgan fingerprint density at radius 3 is 2.56 bits per heavy atom. The van der Waals surface area contributed by atoms with Crippen LogP contribution < -0.4 is 4.72 Å². The highest BCUT2D eigenvalue weighted by atomic mass is 32.2. The summed E-state index contributed by atoms with van der Waals surface area (Å²) in [7, 11) is -3.20. The van der Waals surface area contributed by atoms with Crippen LogP contribution in [0.3, 0.4) is 0 Å². The number of likely N-dealkylation sites (tertiary alicyclic amines) is 1. The van der Waals surface area contributed by atoms with Gasteiger partial charge in [-0.25, -0.2) is 13.1 Å². The predicted molar refractivity (Wildman–Crippen MR) is 62.7 cm³/mol. The van der Waals surface area contributed by atoms with Gasteiger partial charge in [-0.05, 0) is 32.4 Å². The van der Waals surface area contributed by atoms with Crippen molar-refractivity contribution in [2.45, 2.75) is 37.9 Å². The number of nitrogens with zero attached hydrogens (tertiary/aromatic N) is 1. The number of rotatable bonds is 6. The van der Waals surface area contributed by atoms with Crippen molar-refractivity contribution >= 4 is 10.0 Å². The fourth-order valence-corrected chi connectivity index (χ4v) is 2.89. The third kappa shape index (κ3) is 7.17. The Labute approximate surface area is 106 Å². The molecule has 1 fully saturated rings. The molecule has 1 rings (SSSR count). The van der Waals surface area contributed by atoms with Crippen molar-refractivity contribution in [2.24, 2.45) is 0 Å². The van der Waals surface area contributed by atoms with Crippen LogP contribution in [0.15, 0.2) is 0 Å². The molecule has 0 aromatic carbocycles. The van der Waals surface area contributed by atoms with Crippen LogP contribution in [0.4, 0.5) is 13.2 Å². The van der Waals surface area contributed by atoms with E-state index in [2.05, 4.69) is 4.72 Å². The second kappa shape index (κ2) is 6.21. The molecule has 0 aromatic heterocycles. The summed E-state index contributed by atoms with van der Waals surface area (Å²) < 4.78 is 60.3. The molecule has 1 heterocycles. The van der Waals surface area contributed by atoms with Crippen LogP contribution >= 0.6 is 0 Å². The maximum atomic E-state index is 11.9. The smallest absolute Gasteiger partial charge is 0.302 e. The molecule has 1 aliphatic heterocycles. The van der Waals surface area contributed by atoms with Gasteiger partial charge in [-0.15, -0.1) is 0 Å². The Balaban J connectivity index is 2.15. The summed E-state index contributed by atoms with van der Waals surface area (Å²) in [6.07, 6.45) is -2.38. The van der Waals surface area contributed by atoms with Crippen LogP contribution in [0.1, 0.15) is 25.7 Å². The first-order valence-corrected chi connectivity index (χ1v) is 7.81. The van der Waals surface area contributed by atoms with Gasteiger partial charge in [0, 0.05) is 19.0 Å². The van der Waals surface area contributed by atoms with Crippen molar-refractivity contribution in [1.82, 2.24) is 9.62 Å². The first-order valence-electron chi connectivity index (χ1n) is 5.92. The number of sulfonamides is 1. The number of unbranched alkanes of at least 4 members (excludes halogenated alkanes) is 1. The average molecular weight is 288 g/mol. The second-order valence-electron chi connectivity index (χ2n) is 4.75. The van der Waals surface area contributed by atoms with Gasteiger partial charge < -0.3 is 4.90 Å². The Morgan fingerprint density at radius 2 is 2.00 bits per heavy atom. The molecule has 0 unspecified atom stereocenters. The third-order valence-electron chi connectivity index (χ3n) is 2.84. The van der Waals surface area contributed by atoms with E-state index in [0.717, 1.165) is 12.8 Å². The van der Waals surface area contributed by atoms with Crippen LogP contribution in [-0.2, 0) is 10.0 Å². The van der Waals surface area contributed by atoms with Crippen molar-refractivity contribution in [3.8, 4) is 0 Å². The minimum Gasteiger partial charge on any atom is -0.302 e. The number of hydrogen-bond acceptors (Lipinski definition) is 3. The molecule has 0 amide bonds. The quantitative estimate of drug-likeness (QED) is 0.750. The first-order chi connectivity index (χ1) is 8.16. The molecule has 0 aliphatic carbocycles. The number of alkyl halides is 3. The summed E-state index contributed by atoms with van der Waals surface area (Å²) in [6, 6.07) is -0.109. The lowest BCUT2D eigenvalue weighted by atomic mass is 10.2. The lowest BCUT2D eigenvalue weighted by molar-refractivity contribution is -0.135. The minimum atomic E-state index is -4.08. The van der Waals surface area contributed by atoms with Crippen LogP contribution in [0, 0.1) is 0 Å². The van der Waals surface area contributed by atoms with Gasteiger partial charge in [0.1, 0.15) is 0 Å². The maximum Gasteiger partial charge on any atom is 0.389 e. The van der Waals surface area contributed by atoms with Gasteiger partial charge in [-0.3, -0.25) is 0 Å². The topological polar surface area (TPSA) is 49.4 Å². The van der Waals surface area contributed by atoms with E-state index in [4.69, 9.17) is 0 Å². The lowest BCUT2D eigenvalue weighted by Crippen LogP contribution is -2.36. The first kappa shape index (κ1) is 15.7. The molecule has 0 aromatic rings. The van der Waals surface area contributed by atoms with E-state index in [1.165, 1.54) is 0 Å². The van der Waals surface area contributed by atoms with E-state index in [1.54, 1.807) is 0 Å². The molecule has 4 nitrogen and oxygen atoms in total. The van der Waals surface area contributed by atoms with E-state index in [-0.39, 0.29) is 12.5 Å². The van der Waals surface area contributed by atoms with E-state index in [0.29, 0.717) is 25.9 Å². The minimum absolute atomic E-state index is 0.109. The van der Waals surface area contributed by atoms with Gasteiger partial charge in [-0.1, -0.05) is 0 Å². The van der Waals surface area contributed by atoms with Crippen LogP contribution in [0.2, 0.25) is 0 Å². The van der Waals surface area contributed by atoms with E-state index in [9.17, 15) is 21.6 Å². The Bertz CT molecular complexity index is 357. The highest BCUT2D eigenvalue weighted by Crippen LogP contribution is 2.22. The lowest BCUT2D eigenvalue weighted by Gasteiger charge is -2.16. The molecule has 0 spiro atoms. The molecule has 0 bridgehead atoms. The zero-order valence-corrected chi connectivity index (χ0v) is 11.1.